The van der Waals surface area contributed by atoms with E-state index >= 15 is 0 Å². The van der Waals surface area contributed by atoms with Crippen molar-refractivity contribution >= 4 is 22.6 Å². The molecule has 0 aliphatic heterocycles. The predicted molar refractivity (Wildman–Crippen MR) is 139 cm³/mol. The molecule has 0 bridgehead atoms. The van der Waals surface area contributed by atoms with Gasteiger partial charge in [0, 0.05) is 28.7 Å². The Morgan fingerprint density at radius 1 is 1.14 bits per heavy atom. The fraction of sp³-hybridized carbons (Fsp3) is 0.370. The number of aromatic nitrogens is 5. The number of carbonyl (C=O) groups excluding carboxylic acids is 1. The number of nitrogens with zero attached hydrogens (tertiary/aromatic N) is 4. The van der Waals surface area contributed by atoms with Gasteiger partial charge in [0.25, 0.3) is 11.5 Å². The number of amides is 1. The zero-order valence-corrected chi connectivity index (χ0v) is 21.4. The van der Waals surface area contributed by atoms with Gasteiger partial charge in [-0.15, -0.1) is 0 Å². The summed E-state index contributed by atoms with van der Waals surface area (Å²) in [4.78, 5) is 37.8. The highest BCUT2D eigenvalue weighted by Gasteiger charge is 2.25. The first-order valence-corrected chi connectivity index (χ1v) is 11.9. The number of nitrogens with one attached hydrogen (secondary N) is 2. The van der Waals surface area contributed by atoms with Gasteiger partial charge >= 0.3 is 0 Å². The Morgan fingerprint density at radius 3 is 2.54 bits per heavy atom. The Balaban J connectivity index is 1.77. The third-order valence-electron chi connectivity index (χ3n) is 5.85. The Hall–Kier alpha value is -3.81. The Labute approximate surface area is 204 Å². The van der Waals surface area contributed by atoms with E-state index in [9.17, 15) is 9.59 Å². The third kappa shape index (κ3) is 4.87. The van der Waals surface area contributed by atoms with Crippen LogP contribution in [0.2, 0.25) is 0 Å². The van der Waals surface area contributed by atoms with Crippen LogP contribution in [-0.2, 0) is 12.0 Å². The van der Waals surface area contributed by atoms with Gasteiger partial charge in [-0.05, 0) is 58.2 Å². The maximum absolute atomic E-state index is 13.6. The molecule has 4 rings (SSSR count). The molecule has 8 nitrogen and oxygen atoms in total. The number of anilines is 1. The highest BCUT2D eigenvalue weighted by Crippen LogP contribution is 2.29. The maximum atomic E-state index is 13.6. The van der Waals surface area contributed by atoms with Crippen molar-refractivity contribution in [2.45, 2.75) is 66.3 Å². The first-order chi connectivity index (χ1) is 16.5. The molecule has 0 saturated heterocycles. The molecule has 182 valence electrons. The first kappa shape index (κ1) is 24.3. The van der Waals surface area contributed by atoms with E-state index in [2.05, 4.69) is 49.9 Å². The minimum absolute atomic E-state index is 0.145. The molecule has 0 atom stereocenters. The van der Waals surface area contributed by atoms with Gasteiger partial charge in [0.2, 0.25) is 0 Å². The molecular weight excluding hydrogens is 440 g/mol. The zero-order valence-electron chi connectivity index (χ0n) is 21.4. The fourth-order valence-electron chi connectivity index (χ4n) is 4.02. The van der Waals surface area contributed by atoms with Crippen LogP contribution in [0.1, 0.15) is 74.9 Å². The van der Waals surface area contributed by atoms with Crippen molar-refractivity contribution in [1.82, 2.24) is 24.7 Å². The zero-order chi connectivity index (χ0) is 25.5. The van der Waals surface area contributed by atoms with Crippen LogP contribution in [0.3, 0.4) is 0 Å². The quantitative estimate of drug-likeness (QED) is 0.416. The number of rotatable bonds is 5. The van der Waals surface area contributed by atoms with Crippen molar-refractivity contribution in [2.75, 3.05) is 5.32 Å². The third-order valence-corrected chi connectivity index (χ3v) is 5.85. The van der Waals surface area contributed by atoms with Gasteiger partial charge < -0.3 is 10.3 Å². The molecule has 3 heterocycles. The SMILES string of the molecule is CCc1cc(=O)[nH]c(-c2cccc(NC(=O)c3cc(C(C)C)nc4c3c(C)nn4C(C)(C)C)c2)n1. The molecule has 0 spiro atoms. The van der Waals surface area contributed by atoms with Crippen molar-refractivity contribution in [2.24, 2.45) is 0 Å². The van der Waals surface area contributed by atoms with E-state index in [0.717, 1.165) is 22.3 Å². The number of H-pyrrole nitrogens is 1. The summed E-state index contributed by atoms with van der Waals surface area (Å²) in [7, 11) is 0. The summed E-state index contributed by atoms with van der Waals surface area (Å²) in [5.74, 6) is 0.379. The summed E-state index contributed by atoms with van der Waals surface area (Å²) in [6.07, 6.45) is 0.658. The number of fused-ring (bicyclic) bond motifs is 1. The lowest BCUT2D eigenvalue weighted by Gasteiger charge is -2.20. The van der Waals surface area contributed by atoms with E-state index in [1.807, 2.05) is 48.9 Å². The molecule has 1 amide bonds. The van der Waals surface area contributed by atoms with Gasteiger partial charge in [-0.2, -0.15) is 5.10 Å². The van der Waals surface area contributed by atoms with Crippen LogP contribution in [0.25, 0.3) is 22.4 Å². The Kier molecular flexibility index (Phi) is 6.32. The Bertz CT molecular complexity index is 1470. The van der Waals surface area contributed by atoms with E-state index in [-0.39, 0.29) is 22.9 Å². The van der Waals surface area contributed by atoms with Gasteiger partial charge in [0.1, 0.15) is 5.82 Å². The van der Waals surface area contributed by atoms with Gasteiger partial charge in [-0.3, -0.25) is 9.59 Å². The molecular formula is C27H32N6O2. The normalized spacial score (nSPS) is 11.9. The molecule has 4 aromatic rings. The molecule has 2 N–H and O–H groups in total. The number of benzene rings is 1. The molecule has 3 aromatic heterocycles. The molecule has 0 fully saturated rings. The first-order valence-electron chi connectivity index (χ1n) is 11.9. The van der Waals surface area contributed by atoms with Crippen LogP contribution in [0.15, 0.2) is 41.2 Å². The highest BCUT2D eigenvalue weighted by molar-refractivity contribution is 6.12. The molecule has 1 aromatic carbocycles. The lowest BCUT2D eigenvalue weighted by atomic mass is 10.0. The number of aromatic amines is 1. The fourth-order valence-corrected chi connectivity index (χ4v) is 4.02. The van der Waals surface area contributed by atoms with Gasteiger partial charge in [-0.25, -0.2) is 14.6 Å². The van der Waals surface area contributed by atoms with E-state index in [1.165, 1.54) is 6.07 Å². The molecule has 0 saturated carbocycles. The smallest absolute Gasteiger partial charge is 0.256 e. The average molecular weight is 473 g/mol. The molecule has 0 unspecified atom stereocenters. The summed E-state index contributed by atoms with van der Waals surface area (Å²) in [5, 5.41) is 8.49. The molecule has 8 heteroatoms. The summed E-state index contributed by atoms with van der Waals surface area (Å²) < 4.78 is 1.89. The van der Waals surface area contributed by atoms with Crippen LogP contribution in [0.5, 0.6) is 0 Å². The van der Waals surface area contributed by atoms with Crippen LogP contribution < -0.4 is 10.9 Å². The summed E-state index contributed by atoms with van der Waals surface area (Å²) in [5.41, 5.74) is 4.39. The summed E-state index contributed by atoms with van der Waals surface area (Å²) in [6, 6.07) is 10.7. The van der Waals surface area contributed by atoms with Crippen LogP contribution in [0.4, 0.5) is 5.69 Å². The van der Waals surface area contributed by atoms with Crippen LogP contribution >= 0.6 is 0 Å². The second kappa shape index (κ2) is 9.09. The standard InChI is InChI=1S/C27H32N6O2/c1-8-18-13-22(34)31-24(28-18)17-10-9-11-19(12-17)29-26(35)20-14-21(15(2)3)30-25-23(20)16(4)32-33(25)27(5,6)7/h9-15H,8H2,1-7H3,(H,29,35)(H,28,31,34). The summed E-state index contributed by atoms with van der Waals surface area (Å²) in [6.45, 7) is 14.2. The molecule has 35 heavy (non-hydrogen) atoms. The second-order valence-corrected chi connectivity index (χ2v) is 10.1. The van der Waals surface area contributed by atoms with E-state index < -0.39 is 0 Å². The Morgan fingerprint density at radius 2 is 1.89 bits per heavy atom. The number of hydrogen-bond acceptors (Lipinski definition) is 5. The van der Waals surface area contributed by atoms with Crippen molar-refractivity contribution < 1.29 is 4.79 Å². The minimum Gasteiger partial charge on any atom is -0.322 e. The van der Waals surface area contributed by atoms with E-state index in [4.69, 9.17) is 10.1 Å². The molecule has 0 aliphatic rings. The van der Waals surface area contributed by atoms with Crippen LogP contribution in [0, 0.1) is 6.92 Å². The van der Waals surface area contributed by atoms with Crippen molar-refractivity contribution in [3.63, 3.8) is 0 Å². The minimum atomic E-state index is -0.284. The number of carbonyl (C=O) groups is 1. The highest BCUT2D eigenvalue weighted by atomic mass is 16.1. The molecule has 0 radical (unpaired) electrons. The second-order valence-electron chi connectivity index (χ2n) is 10.1. The van der Waals surface area contributed by atoms with Crippen molar-refractivity contribution in [3.05, 3.63) is 69.4 Å². The largest absolute Gasteiger partial charge is 0.322 e. The van der Waals surface area contributed by atoms with Crippen molar-refractivity contribution in [1.29, 1.82) is 0 Å². The van der Waals surface area contributed by atoms with E-state index in [1.54, 1.807) is 0 Å². The number of hydrogen-bond donors (Lipinski definition) is 2. The molecule has 0 aliphatic carbocycles. The average Bonchev–Trinajstić information content (AvgIpc) is 3.15. The predicted octanol–water partition coefficient (Wildman–Crippen LogP) is 5.18. The summed E-state index contributed by atoms with van der Waals surface area (Å²) >= 11 is 0. The van der Waals surface area contributed by atoms with Gasteiger partial charge in [-0.1, -0.05) is 32.9 Å². The number of pyridine rings is 1. The van der Waals surface area contributed by atoms with Gasteiger partial charge in [0.05, 0.1) is 22.2 Å². The lowest BCUT2D eigenvalue weighted by Crippen LogP contribution is -2.24. The lowest BCUT2D eigenvalue weighted by molar-refractivity contribution is 0.102. The van der Waals surface area contributed by atoms with Crippen LogP contribution in [-0.4, -0.2) is 30.6 Å². The van der Waals surface area contributed by atoms with E-state index in [0.29, 0.717) is 34.8 Å². The van der Waals surface area contributed by atoms with Gasteiger partial charge in [0.15, 0.2) is 5.65 Å². The topological polar surface area (TPSA) is 106 Å². The maximum Gasteiger partial charge on any atom is 0.256 e. The monoisotopic (exact) mass is 472 g/mol. The number of aryl methyl sites for hydroxylation is 2. The van der Waals surface area contributed by atoms with Crippen molar-refractivity contribution in [3.8, 4) is 11.4 Å².